The van der Waals surface area contributed by atoms with Crippen LogP contribution >= 0.6 is 0 Å². The van der Waals surface area contributed by atoms with E-state index < -0.39 is 5.91 Å². The minimum Gasteiger partial charge on any atom is -0.494 e. The normalized spacial score (nSPS) is 11.3. The fourth-order valence-corrected chi connectivity index (χ4v) is 3.34. The summed E-state index contributed by atoms with van der Waals surface area (Å²) in [4.78, 5) is 15.0. The third kappa shape index (κ3) is 5.27. The Morgan fingerprint density at radius 3 is 2.57 bits per heavy atom. The predicted octanol–water partition coefficient (Wildman–Crippen LogP) is 2.42. The number of anilines is 2. The van der Waals surface area contributed by atoms with E-state index >= 15 is 0 Å². The van der Waals surface area contributed by atoms with Crippen molar-refractivity contribution in [2.24, 2.45) is 5.10 Å². The SMILES string of the molecule is CCOc1ccc(C(C)=NNC(=O)c2nnn(-c3nonc3N)c2CN(C)c2ccccc2)cc1. The molecule has 0 bridgehead atoms. The second kappa shape index (κ2) is 10.5. The molecule has 0 aliphatic carbocycles. The van der Waals surface area contributed by atoms with E-state index in [9.17, 15) is 4.79 Å². The van der Waals surface area contributed by atoms with Crippen molar-refractivity contribution in [1.82, 2.24) is 30.7 Å². The Balaban J connectivity index is 1.59. The number of ether oxygens (including phenoxy) is 1. The van der Waals surface area contributed by atoms with Gasteiger partial charge in [0.25, 0.3) is 5.91 Å². The van der Waals surface area contributed by atoms with Crippen LogP contribution in [0.3, 0.4) is 0 Å². The van der Waals surface area contributed by atoms with E-state index in [1.807, 2.05) is 73.5 Å². The molecule has 0 spiro atoms. The summed E-state index contributed by atoms with van der Waals surface area (Å²) in [7, 11) is 1.88. The number of nitrogens with zero attached hydrogens (tertiary/aromatic N) is 7. The quantitative estimate of drug-likeness (QED) is 0.275. The topological polar surface area (TPSA) is 150 Å². The van der Waals surface area contributed by atoms with E-state index in [1.54, 1.807) is 6.92 Å². The smallest absolute Gasteiger partial charge is 0.293 e. The van der Waals surface area contributed by atoms with Crippen LogP contribution in [0.4, 0.5) is 11.5 Å². The summed E-state index contributed by atoms with van der Waals surface area (Å²) in [5.41, 5.74) is 11.3. The van der Waals surface area contributed by atoms with Crippen molar-refractivity contribution >= 4 is 23.1 Å². The molecule has 0 saturated carbocycles. The molecule has 2 aromatic heterocycles. The number of nitrogens with one attached hydrogen (secondary N) is 1. The highest BCUT2D eigenvalue weighted by Gasteiger charge is 2.25. The van der Waals surface area contributed by atoms with E-state index in [0.29, 0.717) is 18.0 Å². The first kappa shape index (κ1) is 23.4. The molecule has 0 saturated heterocycles. The Morgan fingerprint density at radius 1 is 1.17 bits per heavy atom. The maximum absolute atomic E-state index is 13.1. The summed E-state index contributed by atoms with van der Waals surface area (Å²) in [6.45, 7) is 4.57. The van der Waals surface area contributed by atoms with Crippen LogP contribution in [0.2, 0.25) is 0 Å². The molecular weight excluding hydrogens is 450 g/mol. The number of hydrazone groups is 1. The Hall–Kier alpha value is -4.74. The van der Waals surface area contributed by atoms with Crippen molar-refractivity contribution in [3.05, 3.63) is 71.5 Å². The lowest BCUT2D eigenvalue weighted by molar-refractivity contribution is 0.0948. The van der Waals surface area contributed by atoms with Crippen molar-refractivity contribution in [3.63, 3.8) is 0 Å². The second-order valence-electron chi connectivity index (χ2n) is 7.56. The molecule has 180 valence electrons. The van der Waals surface area contributed by atoms with Gasteiger partial charge in [0.1, 0.15) is 5.75 Å². The summed E-state index contributed by atoms with van der Waals surface area (Å²) in [6.07, 6.45) is 0. The average Bonchev–Trinajstić information content (AvgIpc) is 3.49. The molecule has 4 rings (SSSR count). The average molecular weight is 476 g/mol. The first-order valence-electron chi connectivity index (χ1n) is 10.8. The highest BCUT2D eigenvalue weighted by Crippen LogP contribution is 2.20. The first-order chi connectivity index (χ1) is 17.0. The van der Waals surface area contributed by atoms with Crippen LogP contribution in [0.5, 0.6) is 5.75 Å². The number of carbonyl (C=O) groups excluding carboxylic acids is 1. The number of hydrogen-bond acceptors (Lipinski definition) is 10. The molecule has 0 radical (unpaired) electrons. The van der Waals surface area contributed by atoms with Crippen LogP contribution in [0.15, 0.2) is 64.3 Å². The predicted molar refractivity (Wildman–Crippen MR) is 129 cm³/mol. The number of hydrogen-bond donors (Lipinski definition) is 2. The zero-order valence-corrected chi connectivity index (χ0v) is 19.5. The number of carbonyl (C=O) groups is 1. The monoisotopic (exact) mass is 475 g/mol. The second-order valence-corrected chi connectivity index (χ2v) is 7.56. The van der Waals surface area contributed by atoms with Gasteiger partial charge in [-0.25, -0.2) is 10.1 Å². The van der Waals surface area contributed by atoms with Gasteiger partial charge in [0.15, 0.2) is 5.69 Å². The summed E-state index contributed by atoms with van der Waals surface area (Å²) in [5.74, 6) is 0.392. The van der Waals surface area contributed by atoms with Gasteiger partial charge in [-0.15, -0.1) is 5.10 Å². The van der Waals surface area contributed by atoms with Crippen LogP contribution < -0.4 is 20.8 Å². The summed E-state index contributed by atoms with van der Waals surface area (Å²) in [5, 5.41) is 19.8. The molecule has 3 N–H and O–H groups in total. The Bertz CT molecular complexity index is 1310. The summed E-state index contributed by atoms with van der Waals surface area (Å²) < 4.78 is 11.5. The fourth-order valence-electron chi connectivity index (χ4n) is 3.34. The zero-order valence-electron chi connectivity index (χ0n) is 19.5. The highest BCUT2D eigenvalue weighted by molar-refractivity contribution is 6.00. The van der Waals surface area contributed by atoms with Crippen molar-refractivity contribution in [3.8, 4) is 11.6 Å². The molecule has 0 fully saturated rings. The van der Waals surface area contributed by atoms with Crippen molar-refractivity contribution < 1.29 is 14.2 Å². The van der Waals surface area contributed by atoms with E-state index in [-0.39, 0.29) is 23.9 Å². The van der Waals surface area contributed by atoms with Crippen LogP contribution in [-0.4, -0.2) is 50.6 Å². The number of aromatic nitrogens is 5. The van der Waals surface area contributed by atoms with Crippen molar-refractivity contribution in [1.29, 1.82) is 0 Å². The number of benzene rings is 2. The van der Waals surface area contributed by atoms with Crippen LogP contribution in [0.25, 0.3) is 5.82 Å². The largest absolute Gasteiger partial charge is 0.494 e. The lowest BCUT2D eigenvalue weighted by Gasteiger charge is -2.19. The molecule has 0 aliphatic heterocycles. The van der Waals surface area contributed by atoms with E-state index in [2.05, 4.69) is 31.2 Å². The number of nitrogen functional groups attached to an aromatic ring is 1. The highest BCUT2D eigenvalue weighted by atomic mass is 16.6. The summed E-state index contributed by atoms with van der Waals surface area (Å²) >= 11 is 0. The molecule has 12 heteroatoms. The van der Waals surface area contributed by atoms with Crippen LogP contribution in [-0.2, 0) is 6.54 Å². The van der Waals surface area contributed by atoms with E-state index in [0.717, 1.165) is 17.0 Å². The molecule has 0 atom stereocenters. The lowest BCUT2D eigenvalue weighted by Crippen LogP contribution is -2.25. The van der Waals surface area contributed by atoms with Gasteiger partial charge in [-0.1, -0.05) is 23.4 Å². The lowest BCUT2D eigenvalue weighted by atomic mass is 10.1. The van der Waals surface area contributed by atoms with Crippen LogP contribution in [0.1, 0.15) is 35.6 Å². The van der Waals surface area contributed by atoms with Gasteiger partial charge in [0.05, 0.1) is 24.6 Å². The third-order valence-corrected chi connectivity index (χ3v) is 5.17. The standard InChI is InChI=1S/C23H25N9O3/c1-4-34-18-12-10-16(11-13-18)15(2)25-27-23(33)20-19(14-31(3)17-8-6-5-7-9-17)32(30-26-20)22-21(24)28-35-29-22/h5-13H,4,14H2,1-3H3,(H2,24,28)(H,27,33). The molecule has 2 aromatic carbocycles. The molecule has 2 heterocycles. The van der Waals surface area contributed by atoms with Crippen molar-refractivity contribution in [2.45, 2.75) is 20.4 Å². The maximum atomic E-state index is 13.1. The zero-order chi connectivity index (χ0) is 24.8. The van der Waals surface area contributed by atoms with Gasteiger partial charge in [0, 0.05) is 12.7 Å². The Labute approximate surface area is 201 Å². The minimum atomic E-state index is -0.534. The van der Waals surface area contributed by atoms with Crippen LogP contribution in [0, 0.1) is 0 Å². The van der Waals surface area contributed by atoms with Gasteiger partial charge in [-0.3, -0.25) is 4.79 Å². The van der Waals surface area contributed by atoms with Gasteiger partial charge >= 0.3 is 0 Å². The Morgan fingerprint density at radius 2 is 1.91 bits per heavy atom. The Kier molecular flexibility index (Phi) is 7.00. The van der Waals surface area contributed by atoms with Gasteiger partial charge < -0.3 is 15.4 Å². The van der Waals surface area contributed by atoms with Gasteiger partial charge in [-0.05, 0) is 66.1 Å². The van der Waals surface area contributed by atoms with E-state index in [1.165, 1.54) is 4.68 Å². The van der Waals surface area contributed by atoms with E-state index in [4.69, 9.17) is 15.1 Å². The van der Waals surface area contributed by atoms with Crippen molar-refractivity contribution in [2.75, 3.05) is 24.3 Å². The number of nitrogens with two attached hydrogens (primary N) is 1. The molecule has 12 nitrogen and oxygen atoms in total. The molecule has 1 amide bonds. The fraction of sp³-hybridized carbons (Fsp3) is 0.217. The van der Waals surface area contributed by atoms with Gasteiger partial charge in [0.2, 0.25) is 11.6 Å². The number of para-hydroxylation sites is 1. The first-order valence-corrected chi connectivity index (χ1v) is 10.8. The molecular formula is C23H25N9O3. The van der Waals surface area contributed by atoms with Gasteiger partial charge in [-0.2, -0.15) is 9.78 Å². The molecule has 4 aromatic rings. The molecule has 0 unspecified atom stereocenters. The molecule has 35 heavy (non-hydrogen) atoms. The maximum Gasteiger partial charge on any atom is 0.293 e. The molecule has 0 aliphatic rings. The minimum absolute atomic E-state index is 0.0230. The number of rotatable bonds is 9. The third-order valence-electron chi connectivity index (χ3n) is 5.17. The summed E-state index contributed by atoms with van der Waals surface area (Å²) in [6, 6.07) is 17.1. The number of amides is 1.